The molecule has 2 rings (SSSR count). The van der Waals surface area contributed by atoms with E-state index in [-0.39, 0.29) is 6.10 Å². The summed E-state index contributed by atoms with van der Waals surface area (Å²) in [6.07, 6.45) is 7.37. The minimum atomic E-state index is -0.0469. The molecule has 2 aliphatic rings. The number of rotatable bonds is 1. The number of hydrogen-bond donors (Lipinski definition) is 1. The van der Waals surface area contributed by atoms with Gasteiger partial charge in [-0.05, 0) is 39.2 Å². The Morgan fingerprint density at radius 1 is 1.08 bits per heavy atom. The second-order valence-corrected chi connectivity index (χ2v) is 4.65. The van der Waals surface area contributed by atoms with Crippen LogP contribution in [0.15, 0.2) is 0 Å². The van der Waals surface area contributed by atoms with Crippen LogP contribution in [0, 0.1) is 0 Å². The van der Waals surface area contributed by atoms with Crippen LogP contribution in [-0.4, -0.2) is 34.7 Å². The molecular formula is C11H21NO. The predicted molar refractivity (Wildman–Crippen MR) is 53.7 cm³/mol. The Hall–Kier alpha value is -0.0800. The highest BCUT2D eigenvalue weighted by Gasteiger charge is 2.33. The molecule has 1 unspecified atom stereocenters. The fourth-order valence-corrected chi connectivity index (χ4v) is 2.93. The molecule has 1 heterocycles. The van der Waals surface area contributed by atoms with Crippen molar-refractivity contribution < 1.29 is 5.11 Å². The summed E-state index contributed by atoms with van der Waals surface area (Å²) in [6.45, 7) is 3.51. The van der Waals surface area contributed by atoms with Crippen LogP contribution in [0.3, 0.4) is 0 Å². The Morgan fingerprint density at radius 3 is 2.46 bits per heavy atom. The summed E-state index contributed by atoms with van der Waals surface area (Å²) in [5, 5.41) is 9.91. The molecule has 0 amide bonds. The minimum Gasteiger partial charge on any atom is -0.391 e. The Kier molecular flexibility index (Phi) is 2.89. The van der Waals surface area contributed by atoms with Gasteiger partial charge in [-0.15, -0.1) is 0 Å². The number of likely N-dealkylation sites (tertiary alicyclic amines) is 1. The fourth-order valence-electron chi connectivity index (χ4n) is 2.93. The number of aliphatic hydroxyl groups is 1. The first-order valence-electron chi connectivity index (χ1n) is 5.73. The summed E-state index contributed by atoms with van der Waals surface area (Å²) in [5.41, 5.74) is 0. The van der Waals surface area contributed by atoms with E-state index < -0.39 is 0 Å². The van der Waals surface area contributed by atoms with Crippen molar-refractivity contribution in [1.82, 2.24) is 4.90 Å². The molecule has 0 bridgehead atoms. The van der Waals surface area contributed by atoms with Crippen molar-refractivity contribution in [2.45, 2.75) is 63.6 Å². The summed E-state index contributed by atoms with van der Waals surface area (Å²) in [4.78, 5) is 2.53. The van der Waals surface area contributed by atoms with Crippen molar-refractivity contribution in [3.63, 3.8) is 0 Å². The molecule has 0 radical (unpaired) electrons. The second kappa shape index (κ2) is 3.97. The molecule has 1 aliphatic carbocycles. The van der Waals surface area contributed by atoms with Crippen LogP contribution >= 0.6 is 0 Å². The van der Waals surface area contributed by atoms with Crippen molar-refractivity contribution in [2.24, 2.45) is 0 Å². The average Bonchev–Trinajstić information content (AvgIpc) is 2.52. The van der Waals surface area contributed by atoms with Gasteiger partial charge < -0.3 is 5.11 Å². The Balaban J connectivity index is 1.97. The molecule has 1 N–H and O–H groups in total. The van der Waals surface area contributed by atoms with Crippen LogP contribution in [0.4, 0.5) is 0 Å². The van der Waals surface area contributed by atoms with E-state index in [0.717, 1.165) is 6.42 Å². The number of hydrogen-bond acceptors (Lipinski definition) is 2. The zero-order valence-electron chi connectivity index (χ0n) is 8.58. The molecule has 2 fully saturated rings. The maximum atomic E-state index is 9.91. The molecule has 1 saturated heterocycles. The van der Waals surface area contributed by atoms with E-state index in [2.05, 4.69) is 11.8 Å². The third-order valence-electron chi connectivity index (χ3n) is 3.72. The lowest BCUT2D eigenvalue weighted by Crippen LogP contribution is -2.46. The van der Waals surface area contributed by atoms with Gasteiger partial charge in [0.25, 0.3) is 0 Å². The van der Waals surface area contributed by atoms with Gasteiger partial charge >= 0.3 is 0 Å². The van der Waals surface area contributed by atoms with Gasteiger partial charge in [-0.1, -0.05) is 12.8 Å². The molecule has 0 aromatic heterocycles. The molecule has 3 atom stereocenters. The first-order chi connectivity index (χ1) is 6.29. The van der Waals surface area contributed by atoms with Crippen LogP contribution < -0.4 is 0 Å². The zero-order chi connectivity index (χ0) is 9.26. The molecule has 1 aliphatic heterocycles. The SMILES string of the molecule is CC1CCCN1[C@@H]1CCCC[C@H]1O. The summed E-state index contributed by atoms with van der Waals surface area (Å²) in [7, 11) is 0. The van der Waals surface area contributed by atoms with Gasteiger partial charge in [0.15, 0.2) is 0 Å². The van der Waals surface area contributed by atoms with Crippen LogP contribution in [0.25, 0.3) is 0 Å². The Morgan fingerprint density at radius 2 is 1.85 bits per heavy atom. The van der Waals surface area contributed by atoms with Crippen LogP contribution in [0.1, 0.15) is 45.4 Å². The van der Waals surface area contributed by atoms with E-state index in [4.69, 9.17) is 0 Å². The number of nitrogens with zero attached hydrogens (tertiary/aromatic N) is 1. The van der Waals surface area contributed by atoms with Crippen molar-refractivity contribution in [1.29, 1.82) is 0 Å². The Bertz CT molecular complexity index is 171. The van der Waals surface area contributed by atoms with Crippen LogP contribution in [0.5, 0.6) is 0 Å². The van der Waals surface area contributed by atoms with Gasteiger partial charge in [-0.2, -0.15) is 0 Å². The first kappa shape index (κ1) is 9.47. The van der Waals surface area contributed by atoms with Gasteiger partial charge in [-0.25, -0.2) is 0 Å². The van der Waals surface area contributed by atoms with E-state index in [1.807, 2.05) is 0 Å². The van der Waals surface area contributed by atoms with Gasteiger partial charge in [0.2, 0.25) is 0 Å². The normalized spacial score (nSPS) is 42.5. The quantitative estimate of drug-likeness (QED) is 0.670. The van der Waals surface area contributed by atoms with Crippen molar-refractivity contribution in [3.05, 3.63) is 0 Å². The standard InChI is InChI=1S/C11H21NO/c1-9-5-4-8-12(9)10-6-2-3-7-11(10)13/h9-11,13H,2-8H2,1H3/t9?,10-,11-/m1/s1. The largest absolute Gasteiger partial charge is 0.391 e. The lowest BCUT2D eigenvalue weighted by Gasteiger charge is -2.37. The molecule has 1 saturated carbocycles. The smallest absolute Gasteiger partial charge is 0.0695 e. The van der Waals surface area contributed by atoms with Crippen LogP contribution in [0.2, 0.25) is 0 Å². The molecular weight excluding hydrogens is 162 g/mol. The highest BCUT2D eigenvalue weighted by Crippen LogP contribution is 2.29. The highest BCUT2D eigenvalue weighted by molar-refractivity contribution is 4.88. The molecule has 0 spiro atoms. The van der Waals surface area contributed by atoms with Gasteiger partial charge in [0, 0.05) is 12.1 Å². The average molecular weight is 183 g/mol. The van der Waals surface area contributed by atoms with E-state index >= 15 is 0 Å². The summed E-state index contributed by atoms with van der Waals surface area (Å²) in [6, 6.07) is 1.18. The molecule has 0 aromatic carbocycles. The maximum absolute atomic E-state index is 9.91. The molecule has 2 heteroatoms. The summed E-state index contributed by atoms with van der Waals surface area (Å²) < 4.78 is 0. The second-order valence-electron chi connectivity index (χ2n) is 4.65. The molecule has 76 valence electrons. The zero-order valence-corrected chi connectivity index (χ0v) is 8.58. The Labute approximate surface area is 80.9 Å². The van der Waals surface area contributed by atoms with E-state index in [9.17, 15) is 5.11 Å². The lowest BCUT2D eigenvalue weighted by molar-refractivity contribution is 0.0166. The third kappa shape index (κ3) is 1.89. The topological polar surface area (TPSA) is 23.5 Å². The van der Waals surface area contributed by atoms with Crippen molar-refractivity contribution >= 4 is 0 Å². The van der Waals surface area contributed by atoms with E-state index in [1.165, 1.54) is 38.6 Å². The molecule has 0 aromatic rings. The predicted octanol–water partition coefficient (Wildman–Crippen LogP) is 1.77. The minimum absolute atomic E-state index is 0.0469. The van der Waals surface area contributed by atoms with Gasteiger partial charge in [-0.3, -0.25) is 4.90 Å². The fraction of sp³-hybridized carbons (Fsp3) is 1.00. The van der Waals surface area contributed by atoms with Crippen molar-refractivity contribution in [2.75, 3.05) is 6.54 Å². The van der Waals surface area contributed by atoms with Crippen LogP contribution in [-0.2, 0) is 0 Å². The summed E-state index contributed by atoms with van der Waals surface area (Å²) >= 11 is 0. The maximum Gasteiger partial charge on any atom is 0.0695 e. The molecule has 13 heavy (non-hydrogen) atoms. The lowest BCUT2D eigenvalue weighted by atomic mass is 9.91. The third-order valence-corrected chi connectivity index (χ3v) is 3.72. The monoisotopic (exact) mass is 183 g/mol. The number of aliphatic hydroxyl groups excluding tert-OH is 1. The van der Waals surface area contributed by atoms with Gasteiger partial charge in [0.1, 0.15) is 0 Å². The highest BCUT2D eigenvalue weighted by atomic mass is 16.3. The van der Waals surface area contributed by atoms with E-state index in [0.29, 0.717) is 12.1 Å². The summed E-state index contributed by atoms with van der Waals surface area (Å²) in [5.74, 6) is 0. The van der Waals surface area contributed by atoms with Gasteiger partial charge in [0.05, 0.1) is 6.10 Å². The van der Waals surface area contributed by atoms with E-state index in [1.54, 1.807) is 0 Å². The van der Waals surface area contributed by atoms with Crippen molar-refractivity contribution in [3.8, 4) is 0 Å². The first-order valence-corrected chi connectivity index (χ1v) is 5.73. The molecule has 2 nitrogen and oxygen atoms in total.